The molecular weight excluding hydrogens is 776 g/mol. The van der Waals surface area contributed by atoms with Gasteiger partial charge in [-0.3, -0.25) is 10.5 Å². The summed E-state index contributed by atoms with van der Waals surface area (Å²) in [6.07, 6.45) is -23.7. The maximum atomic E-state index is 14.0. The highest BCUT2D eigenvalue weighted by Gasteiger charge is 2.64. The number of aliphatic hydroxyl groups is 10. The zero-order chi connectivity index (χ0) is 42.0. The van der Waals surface area contributed by atoms with Crippen molar-refractivity contribution in [1.82, 2.24) is 0 Å². The topological polar surface area (TPSA) is 365 Å². The van der Waals surface area contributed by atoms with Gasteiger partial charge in [0.1, 0.15) is 54.7 Å². The molecule has 14 N–H and O–H groups in total. The van der Waals surface area contributed by atoms with Crippen molar-refractivity contribution >= 4 is 17.7 Å². The van der Waals surface area contributed by atoms with E-state index in [2.05, 4.69) is 0 Å². The molecule has 0 aromatic heterocycles. The molecule has 0 aromatic carbocycles. The Bertz CT molecular complexity index is 1490. The minimum Gasteiger partial charge on any atom is -0.547 e. The van der Waals surface area contributed by atoms with Crippen LogP contribution in [0.3, 0.4) is 0 Å². The fourth-order valence-corrected chi connectivity index (χ4v) is 11.0. The number of carbonyl (C=O) groups is 3. The van der Waals surface area contributed by atoms with Gasteiger partial charge in [0.25, 0.3) is 0 Å². The van der Waals surface area contributed by atoms with Crippen LogP contribution in [0.5, 0.6) is 0 Å². The Morgan fingerprint density at radius 2 is 1.52 bits per heavy atom. The predicted octanol–water partition coefficient (Wildman–Crippen LogP) is -7.83. The number of fused-ring (bicyclic) bond motifs is 2. The molecule has 23 unspecified atom stereocenters. The first kappa shape index (κ1) is 44.0. The van der Waals surface area contributed by atoms with Crippen LogP contribution in [-0.4, -0.2) is 186 Å². The quantitative estimate of drug-likeness (QED) is 0.106. The smallest absolute Gasteiger partial charge is 0.340 e. The van der Waals surface area contributed by atoms with Crippen molar-refractivity contribution in [2.45, 2.75) is 161 Å². The first-order chi connectivity index (χ1) is 27.5. The molecule has 1 spiro atoms. The molecule has 2 saturated carbocycles. The number of carbonyl (C=O) groups excluding carboxylic acids is 3. The number of rotatable bonds is 7. The number of esters is 1. The number of ketones is 1. The highest BCUT2D eigenvalue weighted by Crippen LogP contribution is 2.52. The zero-order valence-corrected chi connectivity index (χ0v) is 31.8. The van der Waals surface area contributed by atoms with Gasteiger partial charge in [-0.1, -0.05) is 0 Å². The van der Waals surface area contributed by atoms with Crippen LogP contribution in [0.15, 0.2) is 0 Å². The molecule has 21 nitrogen and oxygen atoms in total. The van der Waals surface area contributed by atoms with E-state index in [1.807, 2.05) is 5.32 Å². The molecule has 7 fully saturated rings. The minimum absolute atomic E-state index is 0.0163. The molecular formula is C37H58N2O19. The molecule has 0 amide bonds. The Morgan fingerprint density at radius 1 is 0.793 bits per heavy atom. The molecule has 5 saturated heterocycles. The number of hydrogen-bond donors (Lipinski definition) is 12. The van der Waals surface area contributed by atoms with Gasteiger partial charge in [0.15, 0.2) is 11.9 Å². The molecule has 7 rings (SSSR count). The standard InChI is InChI=1S/C37H58N2O19/c38-21-2-1-13(11-39-21)15-3-5-37(33(50)29(48)28(47)32(58-37)35(53)56-36-30(49)26(45)27(46)31(55-36)34(51)52)57-20-10-19-23(25(44)22(15)20)16(41)9-18(54-19)14-7-12(4-6-40)24(43)17(42)8-14/h12-15,17-33,36,39-40,42-50H,1-11,38H2,(H,51,52). The summed E-state index contributed by atoms with van der Waals surface area (Å²) in [6, 6.07) is 0. The van der Waals surface area contributed by atoms with Crippen molar-refractivity contribution in [3.63, 3.8) is 0 Å². The van der Waals surface area contributed by atoms with E-state index in [0.29, 0.717) is 25.8 Å². The number of ether oxygens (including phenoxy) is 5. The van der Waals surface area contributed by atoms with Crippen molar-refractivity contribution < 1.29 is 99.6 Å². The summed E-state index contributed by atoms with van der Waals surface area (Å²) < 4.78 is 29.4. The van der Waals surface area contributed by atoms with E-state index in [9.17, 15) is 70.6 Å². The first-order valence-electron chi connectivity index (χ1n) is 20.4. The number of quaternary nitrogens is 1. The van der Waals surface area contributed by atoms with Crippen molar-refractivity contribution in [2.75, 3.05) is 13.2 Å². The van der Waals surface area contributed by atoms with Gasteiger partial charge < -0.3 is 90.0 Å². The van der Waals surface area contributed by atoms with Gasteiger partial charge in [0.2, 0.25) is 6.29 Å². The number of carboxylic acids is 1. The van der Waals surface area contributed by atoms with Crippen LogP contribution in [0, 0.1) is 35.5 Å². The summed E-state index contributed by atoms with van der Waals surface area (Å²) >= 11 is 0. The van der Waals surface area contributed by atoms with Crippen molar-refractivity contribution in [2.24, 2.45) is 41.2 Å². The normalized spacial score (nSPS) is 52.6. The highest BCUT2D eigenvalue weighted by atomic mass is 16.8. The second kappa shape index (κ2) is 17.4. The Morgan fingerprint density at radius 3 is 2.19 bits per heavy atom. The third-order valence-electron chi connectivity index (χ3n) is 14.1. The lowest BCUT2D eigenvalue weighted by Gasteiger charge is -2.53. The number of aliphatic carboxylic acids is 1. The lowest BCUT2D eigenvalue weighted by atomic mass is 9.62. The monoisotopic (exact) mass is 834 g/mol. The lowest BCUT2D eigenvalue weighted by molar-refractivity contribution is -0.704. The summed E-state index contributed by atoms with van der Waals surface area (Å²) in [5.74, 6) is -8.96. The number of hydrogen-bond acceptors (Lipinski definition) is 20. The SMILES string of the molecule is NC1CCC(C2CCC3(OC4CC5OC(C6CC(O)C(O)C(CCO)C6)CC(=O)C5C(O)C42)OC(C(=O)OC2OC(C(=O)[O-])C(O)C(O)C2O)C(O)C(O)C3O)C[NH2+]1. The fraction of sp³-hybridized carbons (Fsp3) is 0.919. The maximum Gasteiger partial charge on any atom is 0.340 e. The molecule has 21 heteroatoms. The largest absolute Gasteiger partial charge is 0.547 e. The second-order valence-electron chi connectivity index (χ2n) is 17.5. The van der Waals surface area contributed by atoms with E-state index >= 15 is 0 Å². The third kappa shape index (κ3) is 8.07. The first-order valence-corrected chi connectivity index (χ1v) is 20.4. The van der Waals surface area contributed by atoms with E-state index in [0.717, 1.165) is 0 Å². The number of carboxylic acid groups (broad SMARTS) is 1. The summed E-state index contributed by atoms with van der Waals surface area (Å²) in [4.78, 5) is 39.2. The maximum absolute atomic E-state index is 14.0. The average Bonchev–Trinajstić information content (AvgIpc) is 3.34. The number of nitrogens with two attached hydrogens (primary N) is 2. The van der Waals surface area contributed by atoms with Crippen LogP contribution in [0.4, 0.5) is 0 Å². The number of aliphatic hydroxyl groups excluding tert-OH is 10. The zero-order valence-electron chi connectivity index (χ0n) is 31.8. The van der Waals surface area contributed by atoms with E-state index in [-0.39, 0.29) is 74.8 Å². The molecule has 0 bridgehead atoms. The van der Waals surface area contributed by atoms with Crippen molar-refractivity contribution in [3.8, 4) is 0 Å². The summed E-state index contributed by atoms with van der Waals surface area (Å²) in [5.41, 5.74) is 6.19. The van der Waals surface area contributed by atoms with Crippen LogP contribution in [0.25, 0.3) is 0 Å². The van der Waals surface area contributed by atoms with Crippen molar-refractivity contribution in [1.29, 1.82) is 0 Å². The Hall–Kier alpha value is -2.03. The van der Waals surface area contributed by atoms with Gasteiger partial charge in [0.05, 0.1) is 55.1 Å². The summed E-state index contributed by atoms with van der Waals surface area (Å²) in [6.45, 7) is 0.359. The minimum atomic E-state index is -2.25. The van der Waals surface area contributed by atoms with E-state index in [4.69, 9.17) is 29.4 Å². The number of piperidine rings is 1. The van der Waals surface area contributed by atoms with Gasteiger partial charge in [-0.25, -0.2) is 4.79 Å². The fourth-order valence-electron chi connectivity index (χ4n) is 11.0. The molecule has 7 aliphatic rings. The van der Waals surface area contributed by atoms with Crippen LogP contribution in [0.2, 0.25) is 0 Å². The molecule has 5 aliphatic heterocycles. The molecule has 2 aliphatic carbocycles. The van der Waals surface area contributed by atoms with E-state index < -0.39 is 127 Å². The van der Waals surface area contributed by atoms with Crippen LogP contribution in [-0.2, 0) is 38.1 Å². The van der Waals surface area contributed by atoms with Gasteiger partial charge >= 0.3 is 5.97 Å². The Labute approximate surface area is 333 Å². The molecule has 5 heterocycles. The Balaban J connectivity index is 1.16. The second-order valence-corrected chi connectivity index (χ2v) is 17.5. The molecule has 58 heavy (non-hydrogen) atoms. The Kier molecular flexibility index (Phi) is 13.2. The van der Waals surface area contributed by atoms with Gasteiger partial charge in [-0.05, 0) is 49.9 Å². The average molecular weight is 835 g/mol. The highest BCUT2D eigenvalue weighted by molar-refractivity contribution is 5.83. The van der Waals surface area contributed by atoms with Gasteiger partial charge in [-0.15, -0.1) is 0 Å². The van der Waals surface area contributed by atoms with Gasteiger partial charge in [-0.2, -0.15) is 0 Å². The van der Waals surface area contributed by atoms with Crippen molar-refractivity contribution in [3.05, 3.63) is 0 Å². The van der Waals surface area contributed by atoms with Crippen LogP contribution in [0.1, 0.15) is 57.8 Å². The molecule has 0 radical (unpaired) electrons. The number of Topliss-reactive ketones (excluding diaryl/α,β-unsaturated/α-hetero) is 1. The predicted molar refractivity (Wildman–Crippen MR) is 184 cm³/mol. The summed E-state index contributed by atoms with van der Waals surface area (Å²) in [5, 5.41) is 121. The van der Waals surface area contributed by atoms with E-state index in [1.54, 1.807) is 0 Å². The lowest BCUT2D eigenvalue weighted by Crippen LogP contribution is -2.95. The van der Waals surface area contributed by atoms with Gasteiger partial charge in [0, 0.05) is 44.1 Å². The molecule has 23 atom stereocenters. The third-order valence-corrected chi connectivity index (χ3v) is 14.1. The van der Waals surface area contributed by atoms with Crippen LogP contribution >= 0.6 is 0 Å². The summed E-state index contributed by atoms with van der Waals surface area (Å²) in [7, 11) is 0. The van der Waals surface area contributed by atoms with E-state index in [1.165, 1.54) is 0 Å². The molecule has 330 valence electrons. The van der Waals surface area contributed by atoms with Crippen LogP contribution < -0.4 is 16.2 Å². The molecule has 0 aromatic rings.